The largest absolute Gasteiger partial charge is 0.388 e. The summed E-state index contributed by atoms with van der Waals surface area (Å²) in [7, 11) is 0. The van der Waals surface area contributed by atoms with Gasteiger partial charge >= 0.3 is 0 Å². The molecule has 78 valence electrons. The second kappa shape index (κ2) is 4.18. The van der Waals surface area contributed by atoms with E-state index in [4.69, 9.17) is 0 Å². The summed E-state index contributed by atoms with van der Waals surface area (Å²) in [6.45, 7) is 0. The minimum absolute atomic E-state index is 0.314. The summed E-state index contributed by atoms with van der Waals surface area (Å²) in [4.78, 5) is 3.90. The van der Waals surface area contributed by atoms with E-state index in [-0.39, 0.29) is 5.82 Å². The molecule has 4 nitrogen and oxygen atoms in total. The number of hydrogen-bond acceptors (Lipinski definition) is 3. The van der Waals surface area contributed by atoms with Gasteiger partial charge in [-0.05, 0) is 17.7 Å². The molecule has 2 rings (SSSR count). The Balaban J connectivity index is 2.08. The molecule has 0 aliphatic carbocycles. The Bertz CT molecular complexity index is 413. The van der Waals surface area contributed by atoms with Crippen LogP contribution in [0.5, 0.6) is 0 Å². The van der Waals surface area contributed by atoms with Crippen molar-refractivity contribution in [3.8, 4) is 0 Å². The second-order valence-corrected chi connectivity index (χ2v) is 3.20. The van der Waals surface area contributed by atoms with E-state index in [1.165, 1.54) is 18.5 Å². The predicted molar refractivity (Wildman–Crippen MR) is 51.4 cm³/mol. The van der Waals surface area contributed by atoms with Crippen LogP contribution in [-0.2, 0) is 6.42 Å². The van der Waals surface area contributed by atoms with Crippen molar-refractivity contribution in [2.24, 2.45) is 0 Å². The maximum absolute atomic E-state index is 12.6. The Morgan fingerprint density at radius 2 is 2.07 bits per heavy atom. The second-order valence-electron chi connectivity index (χ2n) is 3.20. The van der Waals surface area contributed by atoms with E-state index >= 15 is 0 Å². The average Bonchev–Trinajstić information content (AvgIpc) is 2.71. The molecule has 5 heteroatoms. The lowest BCUT2D eigenvalue weighted by atomic mass is 10.1. The first-order chi connectivity index (χ1) is 7.25. The molecule has 1 aromatic heterocycles. The number of aliphatic hydroxyl groups excluding tert-OH is 1. The van der Waals surface area contributed by atoms with Crippen molar-refractivity contribution in [2.75, 3.05) is 0 Å². The SMILES string of the molecule is OC(Cc1ncn[nH]1)c1ccc(F)cc1. The molecular formula is C10H10FN3O. The highest BCUT2D eigenvalue weighted by Crippen LogP contribution is 2.16. The van der Waals surface area contributed by atoms with Crippen molar-refractivity contribution >= 4 is 0 Å². The van der Waals surface area contributed by atoms with Crippen molar-refractivity contribution in [1.82, 2.24) is 15.2 Å². The fraction of sp³-hybridized carbons (Fsp3) is 0.200. The third-order valence-corrected chi connectivity index (χ3v) is 2.11. The fourth-order valence-corrected chi connectivity index (χ4v) is 1.32. The number of nitrogens with one attached hydrogen (secondary N) is 1. The summed E-state index contributed by atoms with van der Waals surface area (Å²) in [5.74, 6) is 0.289. The van der Waals surface area contributed by atoms with Crippen molar-refractivity contribution < 1.29 is 9.50 Å². The summed E-state index contributed by atoms with van der Waals surface area (Å²) in [6.07, 6.45) is 1.02. The Hall–Kier alpha value is -1.75. The molecule has 0 spiro atoms. The van der Waals surface area contributed by atoms with E-state index in [9.17, 15) is 9.50 Å². The van der Waals surface area contributed by atoms with Crippen LogP contribution in [0.3, 0.4) is 0 Å². The Morgan fingerprint density at radius 1 is 1.33 bits per heavy atom. The molecular weight excluding hydrogens is 197 g/mol. The molecule has 0 bridgehead atoms. The molecule has 15 heavy (non-hydrogen) atoms. The molecule has 0 saturated carbocycles. The van der Waals surface area contributed by atoms with Crippen LogP contribution in [0.4, 0.5) is 4.39 Å². The Morgan fingerprint density at radius 3 is 2.67 bits per heavy atom. The lowest BCUT2D eigenvalue weighted by Crippen LogP contribution is -2.03. The van der Waals surface area contributed by atoms with Crippen molar-refractivity contribution in [3.05, 3.63) is 47.8 Å². The van der Waals surface area contributed by atoms with Gasteiger partial charge in [-0.2, -0.15) is 5.10 Å². The number of rotatable bonds is 3. The molecule has 0 aliphatic heterocycles. The van der Waals surface area contributed by atoms with E-state index in [1.54, 1.807) is 12.1 Å². The van der Waals surface area contributed by atoms with Crippen LogP contribution in [0, 0.1) is 5.82 Å². The minimum atomic E-state index is -0.696. The van der Waals surface area contributed by atoms with Gasteiger partial charge in [-0.25, -0.2) is 9.37 Å². The lowest BCUT2D eigenvalue weighted by Gasteiger charge is -2.08. The first kappa shape index (κ1) is 9.79. The van der Waals surface area contributed by atoms with Gasteiger partial charge in [-0.15, -0.1) is 0 Å². The van der Waals surface area contributed by atoms with E-state index in [0.717, 1.165) is 0 Å². The van der Waals surface area contributed by atoms with Crippen LogP contribution < -0.4 is 0 Å². The number of aromatic amines is 1. The standard InChI is InChI=1S/C10H10FN3O/c11-8-3-1-7(2-4-8)9(15)5-10-12-6-13-14-10/h1-4,6,9,15H,5H2,(H,12,13,14). The fourth-order valence-electron chi connectivity index (χ4n) is 1.32. The number of H-pyrrole nitrogens is 1. The van der Waals surface area contributed by atoms with Crippen LogP contribution in [0.25, 0.3) is 0 Å². The summed E-state index contributed by atoms with van der Waals surface area (Å²) < 4.78 is 12.6. The lowest BCUT2D eigenvalue weighted by molar-refractivity contribution is 0.176. The van der Waals surface area contributed by atoms with Crippen LogP contribution in [0.1, 0.15) is 17.5 Å². The summed E-state index contributed by atoms with van der Waals surface area (Å²) in [6, 6.07) is 5.74. The molecule has 0 aliphatic rings. The monoisotopic (exact) mass is 207 g/mol. The van der Waals surface area contributed by atoms with Gasteiger partial charge in [0.15, 0.2) is 0 Å². The molecule has 2 aromatic rings. The summed E-state index contributed by atoms with van der Waals surface area (Å²) >= 11 is 0. The molecule has 2 N–H and O–H groups in total. The average molecular weight is 207 g/mol. The van der Waals surface area contributed by atoms with Crippen LogP contribution >= 0.6 is 0 Å². The van der Waals surface area contributed by atoms with Gasteiger partial charge in [0, 0.05) is 6.42 Å². The Kier molecular flexibility index (Phi) is 2.73. The maximum Gasteiger partial charge on any atom is 0.137 e. The van der Waals surface area contributed by atoms with Crippen LogP contribution in [0.15, 0.2) is 30.6 Å². The van der Waals surface area contributed by atoms with Gasteiger partial charge in [0.2, 0.25) is 0 Å². The summed E-state index contributed by atoms with van der Waals surface area (Å²) in [5, 5.41) is 16.1. The normalized spacial score (nSPS) is 12.7. The summed E-state index contributed by atoms with van der Waals surface area (Å²) in [5.41, 5.74) is 0.660. The van der Waals surface area contributed by atoms with Gasteiger partial charge in [0.1, 0.15) is 18.0 Å². The molecule has 1 atom stereocenters. The predicted octanol–water partition coefficient (Wildman–Crippen LogP) is 1.22. The van der Waals surface area contributed by atoms with Crippen molar-refractivity contribution in [2.45, 2.75) is 12.5 Å². The van der Waals surface area contributed by atoms with Crippen molar-refractivity contribution in [1.29, 1.82) is 0 Å². The third kappa shape index (κ3) is 2.38. The van der Waals surface area contributed by atoms with Gasteiger partial charge in [0.05, 0.1) is 6.10 Å². The van der Waals surface area contributed by atoms with Gasteiger partial charge in [-0.1, -0.05) is 12.1 Å². The molecule has 1 heterocycles. The molecule has 1 aromatic carbocycles. The zero-order valence-corrected chi connectivity index (χ0v) is 7.89. The van der Waals surface area contributed by atoms with E-state index < -0.39 is 6.10 Å². The number of nitrogens with zero attached hydrogens (tertiary/aromatic N) is 2. The smallest absolute Gasteiger partial charge is 0.137 e. The number of benzene rings is 1. The highest BCUT2D eigenvalue weighted by atomic mass is 19.1. The first-order valence-electron chi connectivity index (χ1n) is 4.53. The van der Waals surface area contributed by atoms with Gasteiger partial charge in [-0.3, -0.25) is 5.10 Å². The molecule has 0 fully saturated rings. The minimum Gasteiger partial charge on any atom is -0.388 e. The first-order valence-corrected chi connectivity index (χ1v) is 4.53. The third-order valence-electron chi connectivity index (χ3n) is 2.11. The zero-order chi connectivity index (χ0) is 10.7. The van der Waals surface area contributed by atoms with Crippen LogP contribution in [-0.4, -0.2) is 20.3 Å². The van der Waals surface area contributed by atoms with Gasteiger partial charge < -0.3 is 5.11 Å². The number of aromatic nitrogens is 3. The number of hydrogen-bond donors (Lipinski definition) is 2. The highest BCUT2D eigenvalue weighted by Gasteiger charge is 2.09. The Labute approximate surface area is 85.8 Å². The van der Waals surface area contributed by atoms with E-state index in [2.05, 4.69) is 15.2 Å². The number of aliphatic hydroxyl groups is 1. The molecule has 0 saturated heterocycles. The number of halogens is 1. The maximum atomic E-state index is 12.6. The quantitative estimate of drug-likeness (QED) is 0.795. The topological polar surface area (TPSA) is 61.8 Å². The zero-order valence-electron chi connectivity index (χ0n) is 7.89. The van der Waals surface area contributed by atoms with E-state index in [0.29, 0.717) is 17.8 Å². The van der Waals surface area contributed by atoms with Gasteiger partial charge in [0.25, 0.3) is 0 Å². The van der Waals surface area contributed by atoms with Crippen LogP contribution in [0.2, 0.25) is 0 Å². The highest BCUT2D eigenvalue weighted by molar-refractivity contribution is 5.19. The molecule has 0 radical (unpaired) electrons. The van der Waals surface area contributed by atoms with Crippen molar-refractivity contribution in [3.63, 3.8) is 0 Å². The van der Waals surface area contributed by atoms with E-state index in [1.807, 2.05) is 0 Å². The molecule has 0 amide bonds. The molecule has 1 unspecified atom stereocenters.